The number of aliphatic hydroxyl groups is 1. The van der Waals surface area contributed by atoms with Gasteiger partial charge in [0.1, 0.15) is 5.82 Å². The number of hydrogen-bond acceptors (Lipinski definition) is 1. The van der Waals surface area contributed by atoms with E-state index in [0.29, 0.717) is 10.6 Å². The molecule has 0 saturated heterocycles. The molecule has 0 saturated carbocycles. The van der Waals surface area contributed by atoms with Gasteiger partial charge in [-0.3, -0.25) is 0 Å². The Morgan fingerprint density at radius 2 is 1.74 bits per heavy atom. The molecular formula is C16H16ClFO. The molecule has 0 aliphatic rings. The average molecular weight is 279 g/mol. The third-order valence-electron chi connectivity index (χ3n) is 3.06. The third-order valence-corrected chi connectivity index (χ3v) is 3.29. The van der Waals surface area contributed by atoms with E-state index < -0.39 is 6.10 Å². The van der Waals surface area contributed by atoms with Gasteiger partial charge in [-0.05, 0) is 37.1 Å². The first-order valence-corrected chi connectivity index (χ1v) is 6.53. The maximum Gasteiger partial charge on any atom is 0.127 e. The molecule has 1 unspecified atom stereocenters. The van der Waals surface area contributed by atoms with Crippen LogP contribution in [0.25, 0.3) is 0 Å². The lowest BCUT2D eigenvalue weighted by Gasteiger charge is -2.13. The Balaban J connectivity index is 2.22. The van der Waals surface area contributed by atoms with E-state index in [-0.39, 0.29) is 12.2 Å². The van der Waals surface area contributed by atoms with Crippen molar-refractivity contribution < 1.29 is 9.50 Å². The summed E-state index contributed by atoms with van der Waals surface area (Å²) in [6.07, 6.45) is -0.472. The minimum atomic E-state index is -0.714. The van der Waals surface area contributed by atoms with Crippen LogP contribution in [-0.2, 0) is 6.42 Å². The zero-order chi connectivity index (χ0) is 14.0. The van der Waals surface area contributed by atoms with Crippen molar-refractivity contribution in [1.82, 2.24) is 0 Å². The SMILES string of the molecule is Cc1cc(C)cc(C(O)Cc2ccc(Cl)cc2F)c1. The van der Waals surface area contributed by atoms with Crippen molar-refractivity contribution in [2.75, 3.05) is 0 Å². The molecule has 0 heterocycles. The van der Waals surface area contributed by atoms with Gasteiger partial charge in [0.05, 0.1) is 6.10 Å². The fraction of sp³-hybridized carbons (Fsp3) is 0.250. The fourth-order valence-corrected chi connectivity index (χ4v) is 2.37. The minimum absolute atomic E-state index is 0.242. The first kappa shape index (κ1) is 14.0. The van der Waals surface area contributed by atoms with Crippen molar-refractivity contribution in [2.24, 2.45) is 0 Å². The molecule has 1 atom stereocenters. The Kier molecular flexibility index (Phi) is 4.23. The summed E-state index contributed by atoms with van der Waals surface area (Å²) >= 11 is 5.71. The predicted molar refractivity (Wildman–Crippen MR) is 76.0 cm³/mol. The molecule has 0 aromatic heterocycles. The van der Waals surface area contributed by atoms with E-state index in [9.17, 15) is 9.50 Å². The average Bonchev–Trinajstić information content (AvgIpc) is 2.31. The second kappa shape index (κ2) is 5.72. The number of benzene rings is 2. The van der Waals surface area contributed by atoms with Crippen LogP contribution in [0.4, 0.5) is 4.39 Å². The van der Waals surface area contributed by atoms with Crippen molar-refractivity contribution >= 4 is 11.6 Å². The van der Waals surface area contributed by atoms with Gasteiger partial charge in [-0.1, -0.05) is 47.0 Å². The molecule has 2 aromatic rings. The number of aliphatic hydroxyl groups excluding tert-OH is 1. The highest BCUT2D eigenvalue weighted by Crippen LogP contribution is 2.23. The molecule has 1 nitrogen and oxygen atoms in total. The molecule has 19 heavy (non-hydrogen) atoms. The molecule has 0 spiro atoms. The van der Waals surface area contributed by atoms with Gasteiger partial charge in [0.25, 0.3) is 0 Å². The lowest BCUT2D eigenvalue weighted by Crippen LogP contribution is -2.04. The Labute approximate surface area is 117 Å². The Bertz CT molecular complexity index is 575. The van der Waals surface area contributed by atoms with Gasteiger partial charge in [0.15, 0.2) is 0 Å². The summed E-state index contributed by atoms with van der Waals surface area (Å²) in [6, 6.07) is 10.4. The molecule has 0 radical (unpaired) electrons. The highest BCUT2D eigenvalue weighted by atomic mass is 35.5. The Morgan fingerprint density at radius 3 is 2.32 bits per heavy atom. The van der Waals surface area contributed by atoms with E-state index in [2.05, 4.69) is 0 Å². The smallest absolute Gasteiger partial charge is 0.127 e. The van der Waals surface area contributed by atoms with Crippen LogP contribution in [0.3, 0.4) is 0 Å². The van der Waals surface area contributed by atoms with Crippen LogP contribution in [-0.4, -0.2) is 5.11 Å². The van der Waals surface area contributed by atoms with Gasteiger partial charge < -0.3 is 5.11 Å². The van der Waals surface area contributed by atoms with Gasteiger partial charge in [-0.15, -0.1) is 0 Å². The molecule has 2 aromatic carbocycles. The van der Waals surface area contributed by atoms with Crippen molar-refractivity contribution in [1.29, 1.82) is 0 Å². The van der Waals surface area contributed by atoms with Crippen LogP contribution in [0.15, 0.2) is 36.4 Å². The maximum absolute atomic E-state index is 13.7. The lowest BCUT2D eigenvalue weighted by atomic mass is 9.98. The summed E-state index contributed by atoms with van der Waals surface area (Å²) in [5.41, 5.74) is 3.46. The highest BCUT2D eigenvalue weighted by Gasteiger charge is 2.12. The van der Waals surface area contributed by atoms with E-state index in [1.54, 1.807) is 12.1 Å². The molecule has 0 fully saturated rings. The van der Waals surface area contributed by atoms with Crippen LogP contribution < -0.4 is 0 Å². The topological polar surface area (TPSA) is 20.2 Å². The van der Waals surface area contributed by atoms with Gasteiger partial charge in [-0.2, -0.15) is 0 Å². The van der Waals surface area contributed by atoms with E-state index in [0.717, 1.165) is 16.7 Å². The predicted octanol–water partition coefficient (Wildman–Crippen LogP) is 4.37. The summed E-state index contributed by atoms with van der Waals surface area (Å²) in [5.74, 6) is -0.379. The normalized spacial score (nSPS) is 12.5. The summed E-state index contributed by atoms with van der Waals surface area (Å²) in [4.78, 5) is 0. The van der Waals surface area contributed by atoms with E-state index in [1.165, 1.54) is 6.07 Å². The van der Waals surface area contributed by atoms with Gasteiger partial charge >= 0.3 is 0 Å². The fourth-order valence-electron chi connectivity index (χ4n) is 2.22. The van der Waals surface area contributed by atoms with E-state index in [1.807, 2.05) is 32.0 Å². The second-order valence-electron chi connectivity index (χ2n) is 4.88. The summed E-state index contributed by atoms with van der Waals surface area (Å²) in [7, 11) is 0. The van der Waals surface area contributed by atoms with Crippen LogP contribution in [0.1, 0.15) is 28.4 Å². The summed E-state index contributed by atoms with van der Waals surface area (Å²) in [6.45, 7) is 3.96. The van der Waals surface area contributed by atoms with Crippen LogP contribution in [0, 0.1) is 19.7 Å². The van der Waals surface area contributed by atoms with E-state index in [4.69, 9.17) is 11.6 Å². The number of aryl methyl sites for hydroxylation is 2. The van der Waals surface area contributed by atoms with Crippen LogP contribution in [0.5, 0.6) is 0 Å². The number of rotatable bonds is 3. The van der Waals surface area contributed by atoms with Gasteiger partial charge in [-0.25, -0.2) is 4.39 Å². The first-order chi connectivity index (χ1) is 8.95. The molecular weight excluding hydrogens is 263 g/mol. The number of hydrogen-bond donors (Lipinski definition) is 1. The molecule has 0 bridgehead atoms. The Morgan fingerprint density at radius 1 is 1.11 bits per heavy atom. The third kappa shape index (κ3) is 3.55. The Hall–Kier alpha value is -1.38. The zero-order valence-electron chi connectivity index (χ0n) is 11.0. The molecule has 2 rings (SSSR count). The van der Waals surface area contributed by atoms with Crippen molar-refractivity contribution in [3.63, 3.8) is 0 Å². The quantitative estimate of drug-likeness (QED) is 0.884. The largest absolute Gasteiger partial charge is 0.388 e. The standard InChI is InChI=1S/C16H16ClFO/c1-10-5-11(2)7-13(6-10)16(19)8-12-3-4-14(17)9-15(12)18/h3-7,9,16,19H,8H2,1-2H3. The van der Waals surface area contributed by atoms with Gasteiger partial charge in [0, 0.05) is 11.4 Å². The summed E-state index contributed by atoms with van der Waals surface area (Å²) in [5, 5.41) is 10.6. The second-order valence-corrected chi connectivity index (χ2v) is 5.31. The molecule has 0 amide bonds. The molecule has 3 heteroatoms. The molecule has 1 N–H and O–H groups in total. The van der Waals surface area contributed by atoms with Crippen LogP contribution >= 0.6 is 11.6 Å². The first-order valence-electron chi connectivity index (χ1n) is 6.16. The van der Waals surface area contributed by atoms with Crippen LogP contribution in [0.2, 0.25) is 5.02 Å². The van der Waals surface area contributed by atoms with Crippen molar-refractivity contribution in [2.45, 2.75) is 26.4 Å². The minimum Gasteiger partial charge on any atom is -0.388 e. The van der Waals surface area contributed by atoms with Crippen molar-refractivity contribution in [3.05, 3.63) is 69.5 Å². The molecule has 100 valence electrons. The van der Waals surface area contributed by atoms with E-state index >= 15 is 0 Å². The molecule has 0 aliphatic heterocycles. The highest BCUT2D eigenvalue weighted by molar-refractivity contribution is 6.30. The lowest BCUT2D eigenvalue weighted by molar-refractivity contribution is 0.177. The summed E-state index contributed by atoms with van der Waals surface area (Å²) < 4.78 is 13.7. The molecule has 0 aliphatic carbocycles. The monoisotopic (exact) mass is 278 g/mol. The number of halogens is 2. The zero-order valence-corrected chi connectivity index (χ0v) is 11.7. The van der Waals surface area contributed by atoms with Gasteiger partial charge in [0.2, 0.25) is 0 Å². The maximum atomic E-state index is 13.7. The van der Waals surface area contributed by atoms with Crippen molar-refractivity contribution in [3.8, 4) is 0 Å².